The topological polar surface area (TPSA) is 150 Å². The molecule has 262 valence electrons. The van der Waals surface area contributed by atoms with E-state index in [9.17, 15) is 24.3 Å². The normalized spacial score (nSPS) is 17.0. The molecule has 1 saturated heterocycles. The third-order valence-corrected chi connectivity index (χ3v) is 10.1. The molecule has 1 aliphatic heterocycles. The second-order valence-corrected chi connectivity index (χ2v) is 14.5. The minimum Gasteiger partial charge on any atom is -0.484 e. The van der Waals surface area contributed by atoms with E-state index in [4.69, 9.17) is 4.74 Å². The predicted octanol–water partition coefficient (Wildman–Crippen LogP) is 3.51. The maximum atomic E-state index is 14.0. The molecule has 1 aromatic heterocycles. The Balaban J connectivity index is 1.24. The van der Waals surface area contributed by atoms with Crippen LogP contribution in [0.1, 0.15) is 37.5 Å². The van der Waals surface area contributed by atoms with E-state index in [1.807, 2.05) is 87.5 Å². The van der Waals surface area contributed by atoms with Gasteiger partial charge in [-0.3, -0.25) is 24.2 Å². The zero-order valence-corrected chi connectivity index (χ0v) is 29.4. The molecule has 4 N–H and O–H groups in total. The fourth-order valence-electron chi connectivity index (χ4n) is 5.90. The molecule has 0 radical (unpaired) electrons. The Hall–Kier alpha value is -4.94. The van der Waals surface area contributed by atoms with E-state index in [0.29, 0.717) is 12.3 Å². The van der Waals surface area contributed by atoms with Crippen LogP contribution in [0.4, 0.5) is 0 Å². The monoisotopic (exact) mass is 697 g/mol. The summed E-state index contributed by atoms with van der Waals surface area (Å²) in [6.07, 6.45) is 0.154. The van der Waals surface area contributed by atoms with Crippen LogP contribution >= 0.6 is 11.8 Å². The highest BCUT2D eigenvalue weighted by atomic mass is 32.2. The van der Waals surface area contributed by atoms with E-state index in [-0.39, 0.29) is 24.8 Å². The molecule has 1 fully saturated rings. The molecule has 0 aliphatic carbocycles. The molecule has 0 bridgehead atoms. The van der Waals surface area contributed by atoms with Crippen molar-refractivity contribution in [3.05, 3.63) is 108 Å². The summed E-state index contributed by atoms with van der Waals surface area (Å²) < 4.78 is 5.01. The molecule has 12 heteroatoms. The van der Waals surface area contributed by atoms with E-state index in [2.05, 4.69) is 20.9 Å². The van der Waals surface area contributed by atoms with Gasteiger partial charge in [0.05, 0.1) is 17.4 Å². The average Bonchev–Trinajstić information content (AvgIpc) is 3.44. The van der Waals surface area contributed by atoms with Crippen LogP contribution in [0.3, 0.4) is 0 Å². The van der Waals surface area contributed by atoms with Crippen molar-refractivity contribution < 1.29 is 29.0 Å². The number of aliphatic hydroxyl groups is 1. The lowest BCUT2D eigenvalue weighted by molar-refractivity contribution is -0.148. The van der Waals surface area contributed by atoms with Crippen LogP contribution in [-0.2, 0) is 32.1 Å². The number of thioether (sulfide) groups is 1. The van der Waals surface area contributed by atoms with Gasteiger partial charge in [0.15, 0.2) is 12.7 Å². The highest BCUT2D eigenvalue weighted by Gasteiger charge is 2.49. The van der Waals surface area contributed by atoms with Crippen LogP contribution in [0.25, 0.3) is 10.9 Å². The third kappa shape index (κ3) is 8.99. The summed E-state index contributed by atoms with van der Waals surface area (Å²) in [6.45, 7) is 7.24. The number of nitrogens with one attached hydrogen (secondary N) is 3. The van der Waals surface area contributed by atoms with Gasteiger partial charge < -0.3 is 30.7 Å². The van der Waals surface area contributed by atoms with Gasteiger partial charge in [0.1, 0.15) is 17.8 Å². The number of aryl methyl sites for hydroxylation is 1. The first-order valence-electron chi connectivity index (χ1n) is 16.5. The number of hydrogen-bond acceptors (Lipinski definition) is 8. The molecule has 1 aliphatic rings. The Kier molecular flexibility index (Phi) is 11.8. The molecule has 11 nitrogen and oxygen atoms in total. The van der Waals surface area contributed by atoms with E-state index in [0.717, 1.165) is 27.6 Å². The zero-order valence-electron chi connectivity index (χ0n) is 28.6. The quantitative estimate of drug-likeness (QED) is 0.166. The minimum atomic E-state index is -1.67. The second kappa shape index (κ2) is 16.2. The van der Waals surface area contributed by atoms with E-state index in [1.54, 1.807) is 24.4 Å². The molecule has 4 amide bonds. The maximum Gasteiger partial charge on any atom is 0.258 e. The Morgan fingerprint density at radius 1 is 1.00 bits per heavy atom. The van der Waals surface area contributed by atoms with Gasteiger partial charge in [-0.15, -0.1) is 11.8 Å². The van der Waals surface area contributed by atoms with E-state index in [1.165, 1.54) is 23.6 Å². The number of hydrogen-bond donors (Lipinski definition) is 4. The summed E-state index contributed by atoms with van der Waals surface area (Å²) in [5.41, 5.74) is 3.58. The standard InChI is InChI=1S/C38H43N5O6S/c1-24-11-8-9-14-28(24)21-40-36(47)34-38(3,4)50-23-43(34)37(48)33(45)31(19-26-12-6-5-7-13-26)42-35(46)25(2)41-32(44)22-49-29-16-17-30-27(20-29)15-10-18-39-30/h5-18,20,25,31,33-34,45H,19,21-23H2,1-4H3,(H,40,47)(H,41,44)(H,42,46)/t25-,31-,33-,34+/m0/s1. The molecule has 0 spiro atoms. The van der Waals surface area contributed by atoms with Crippen LogP contribution in [0, 0.1) is 6.92 Å². The summed E-state index contributed by atoms with van der Waals surface area (Å²) in [5, 5.41) is 20.8. The largest absolute Gasteiger partial charge is 0.484 e. The van der Waals surface area contributed by atoms with Gasteiger partial charge in [-0.25, -0.2) is 0 Å². The smallest absolute Gasteiger partial charge is 0.258 e. The number of ether oxygens (including phenoxy) is 1. The minimum absolute atomic E-state index is 0.134. The van der Waals surface area contributed by atoms with Crippen molar-refractivity contribution in [2.24, 2.45) is 0 Å². The number of fused-ring (bicyclic) bond motifs is 1. The summed E-state index contributed by atoms with van der Waals surface area (Å²) in [4.78, 5) is 59.4. The fourth-order valence-corrected chi connectivity index (χ4v) is 7.04. The van der Waals surface area contributed by atoms with Crippen molar-refractivity contribution >= 4 is 46.3 Å². The highest BCUT2D eigenvalue weighted by Crippen LogP contribution is 2.40. The number of nitrogens with zero attached hydrogens (tertiary/aromatic N) is 2. The molecule has 0 unspecified atom stereocenters. The third-order valence-electron chi connectivity index (χ3n) is 8.77. The van der Waals surface area contributed by atoms with Crippen molar-refractivity contribution in [1.29, 1.82) is 0 Å². The number of carbonyl (C=O) groups excluding carboxylic acids is 4. The first-order chi connectivity index (χ1) is 23.9. The molecular weight excluding hydrogens is 655 g/mol. The SMILES string of the molecule is Cc1ccccc1CNC(=O)[C@H]1N(C(=O)[C@@H](O)[C@H](Cc2ccccc2)NC(=O)[C@H](C)NC(=O)COc2ccc3ncccc3c2)CSC1(C)C. The van der Waals surface area contributed by atoms with Crippen molar-refractivity contribution in [2.45, 2.75) is 69.6 Å². The van der Waals surface area contributed by atoms with Gasteiger partial charge in [0.2, 0.25) is 11.8 Å². The Bertz CT molecular complexity index is 1840. The highest BCUT2D eigenvalue weighted by molar-refractivity contribution is 8.00. The van der Waals surface area contributed by atoms with Crippen LogP contribution in [0.15, 0.2) is 91.1 Å². The Morgan fingerprint density at radius 2 is 1.74 bits per heavy atom. The number of benzene rings is 3. The number of carbonyl (C=O) groups is 4. The zero-order chi connectivity index (χ0) is 35.8. The van der Waals surface area contributed by atoms with Gasteiger partial charge in [0, 0.05) is 22.9 Å². The number of aromatic nitrogens is 1. The van der Waals surface area contributed by atoms with Crippen molar-refractivity contribution in [3.63, 3.8) is 0 Å². The van der Waals surface area contributed by atoms with Gasteiger partial charge >= 0.3 is 0 Å². The van der Waals surface area contributed by atoms with Crippen molar-refractivity contribution in [3.8, 4) is 5.75 Å². The first kappa shape index (κ1) is 36.3. The Labute approximate surface area is 296 Å². The summed E-state index contributed by atoms with van der Waals surface area (Å²) in [7, 11) is 0. The molecule has 0 saturated carbocycles. The van der Waals surface area contributed by atoms with Crippen molar-refractivity contribution in [1.82, 2.24) is 25.8 Å². The fraction of sp³-hybridized carbons (Fsp3) is 0.342. The summed E-state index contributed by atoms with van der Waals surface area (Å²) in [5.74, 6) is -1.44. The number of rotatable bonds is 13. The van der Waals surface area contributed by atoms with Gasteiger partial charge in [-0.1, -0.05) is 60.7 Å². The van der Waals surface area contributed by atoms with Crippen LogP contribution < -0.4 is 20.7 Å². The number of pyridine rings is 1. The molecular formula is C38H43N5O6S. The van der Waals surface area contributed by atoms with Gasteiger partial charge in [-0.2, -0.15) is 0 Å². The average molecular weight is 698 g/mol. The molecule has 2 heterocycles. The predicted molar refractivity (Wildman–Crippen MR) is 193 cm³/mol. The van der Waals surface area contributed by atoms with Gasteiger partial charge in [0.25, 0.3) is 11.8 Å². The van der Waals surface area contributed by atoms with E-state index < -0.39 is 46.7 Å². The summed E-state index contributed by atoms with van der Waals surface area (Å²) >= 11 is 1.44. The molecule has 4 atom stereocenters. The van der Waals surface area contributed by atoms with Crippen LogP contribution in [-0.4, -0.2) is 80.1 Å². The van der Waals surface area contributed by atoms with Crippen LogP contribution in [0.5, 0.6) is 5.75 Å². The molecule has 3 aromatic carbocycles. The van der Waals surface area contributed by atoms with Gasteiger partial charge in [-0.05, 0) is 75.1 Å². The Morgan fingerprint density at radius 3 is 2.50 bits per heavy atom. The number of aliphatic hydroxyl groups excluding tert-OH is 1. The summed E-state index contributed by atoms with van der Waals surface area (Å²) in [6, 6.07) is 23.0. The molecule has 50 heavy (non-hydrogen) atoms. The second-order valence-electron chi connectivity index (χ2n) is 12.9. The molecule has 4 aromatic rings. The molecule has 5 rings (SSSR count). The lowest BCUT2D eigenvalue weighted by Gasteiger charge is -2.33. The van der Waals surface area contributed by atoms with E-state index >= 15 is 0 Å². The number of amides is 4. The maximum absolute atomic E-state index is 14.0. The van der Waals surface area contributed by atoms with Crippen LogP contribution in [0.2, 0.25) is 0 Å². The lowest BCUT2D eigenvalue weighted by atomic mass is 9.97. The lowest BCUT2D eigenvalue weighted by Crippen LogP contribution is -2.60. The van der Waals surface area contributed by atoms with Crippen molar-refractivity contribution in [2.75, 3.05) is 12.5 Å². The first-order valence-corrected chi connectivity index (χ1v) is 17.5.